The Morgan fingerprint density at radius 2 is 1.33 bits per heavy atom. The van der Waals surface area contributed by atoms with Gasteiger partial charge in [0.1, 0.15) is 0 Å². The summed E-state index contributed by atoms with van der Waals surface area (Å²) < 4.78 is 27.4. The molecule has 0 unspecified atom stereocenters. The molecule has 0 aromatic carbocycles. The van der Waals surface area contributed by atoms with E-state index in [4.69, 9.17) is 0 Å². The molecular formula is C13H10F2N4O2. The molecule has 0 fully saturated rings. The van der Waals surface area contributed by atoms with Crippen molar-refractivity contribution in [1.82, 2.24) is 9.97 Å². The Morgan fingerprint density at radius 3 is 1.67 bits per heavy atom. The number of amides is 2. The molecule has 2 amide bonds. The summed E-state index contributed by atoms with van der Waals surface area (Å²) in [5, 5.41) is 3.84. The van der Waals surface area contributed by atoms with Crippen LogP contribution in [0.25, 0.3) is 0 Å². The third-order valence-corrected chi connectivity index (χ3v) is 2.41. The minimum Gasteiger partial charge on any atom is -0.319 e. The van der Waals surface area contributed by atoms with Gasteiger partial charge in [0.05, 0.1) is 23.8 Å². The average molecular weight is 292 g/mol. The molecule has 0 aliphatic rings. The molecular weight excluding hydrogens is 282 g/mol. The van der Waals surface area contributed by atoms with E-state index in [0.717, 1.165) is 0 Å². The first-order valence-electron chi connectivity index (χ1n) is 5.81. The topological polar surface area (TPSA) is 84.0 Å². The second-order valence-electron chi connectivity index (χ2n) is 3.97. The standard InChI is InChI=1S/C13H10F2N4O2/c14-13(15,11(20)18-9-3-1-5-16-7-9)12(21)19-10-4-2-6-17-8-10/h1-8H,(H,18,20)(H,19,21). The molecule has 0 aliphatic carbocycles. The van der Waals surface area contributed by atoms with Gasteiger partial charge >= 0.3 is 17.7 Å². The second-order valence-corrected chi connectivity index (χ2v) is 3.97. The van der Waals surface area contributed by atoms with Crippen molar-refractivity contribution in [3.8, 4) is 0 Å². The van der Waals surface area contributed by atoms with Crippen LogP contribution in [-0.2, 0) is 9.59 Å². The Balaban J connectivity index is 2.06. The Kier molecular flexibility index (Phi) is 4.17. The normalized spacial score (nSPS) is 10.8. The number of anilines is 2. The Morgan fingerprint density at radius 1 is 0.905 bits per heavy atom. The quantitative estimate of drug-likeness (QED) is 0.840. The molecule has 0 saturated heterocycles. The minimum atomic E-state index is -4.23. The zero-order valence-corrected chi connectivity index (χ0v) is 10.6. The fourth-order valence-corrected chi connectivity index (χ4v) is 1.40. The molecule has 0 spiro atoms. The highest BCUT2D eigenvalue weighted by atomic mass is 19.3. The number of carbonyl (C=O) groups is 2. The summed E-state index contributed by atoms with van der Waals surface area (Å²) in [6.45, 7) is 0. The summed E-state index contributed by atoms with van der Waals surface area (Å²) in [6, 6.07) is 5.67. The van der Waals surface area contributed by atoms with E-state index in [0.29, 0.717) is 0 Å². The molecule has 2 rings (SSSR count). The van der Waals surface area contributed by atoms with Crippen molar-refractivity contribution < 1.29 is 18.4 Å². The van der Waals surface area contributed by atoms with Crippen LogP contribution in [0.15, 0.2) is 49.1 Å². The first-order valence-corrected chi connectivity index (χ1v) is 5.81. The Bertz CT molecular complexity index is 580. The third-order valence-electron chi connectivity index (χ3n) is 2.41. The number of alkyl halides is 2. The number of halogens is 2. The highest BCUT2D eigenvalue weighted by Crippen LogP contribution is 2.19. The zero-order valence-electron chi connectivity index (χ0n) is 10.6. The van der Waals surface area contributed by atoms with E-state index in [1.165, 1.54) is 49.1 Å². The number of nitrogens with one attached hydrogen (secondary N) is 2. The summed E-state index contributed by atoms with van der Waals surface area (Å²) in [6.07, 6.45) is 5.21. The van der Waals surface area contributed by atoms with Gasteiger partial charge in [-0.3, -0.25) is 19.6 Å². The fraction of sp³-hybridized carbons (Fsp3) is 0.0769. The lowest BCUT2D eigenvalue weighted by Crippen LogP contribution is -2.45. The van der Waals surface area contributed by atoms with Crippen LogP contribution < -0.4 is 10.6 Å². The summed E-state index contributed by atoms with van der Waals surface area (Å²) in [5.74, 6) is -7.71. The molecule has 2 aromatic rings. The Hall–Kier alpha value is -2.90. The van der Waals surface area contributed by atoms with E-state index in [2.05, 4.69) is 9.97 Å². The molecule has 8 heteroatoms. The molecule has 0 atom stereocenters. The number of carbonyl (C=O) groups excluding carboxylic acids is 2. The van der Waals surface area contributed by atoms with Gasteiger partial charge in [-0.15, -0.1) is 0 Å². The van der Waals surface area contributed by atoms with Crippen LogP contribution in [0.4, 0.5) is 20.2 Å². The van der Waals surface area contributed by atoms with Gasteiger partial charge in [-0.25, -0.2) is 0 Å². The molecule has 0 saturated carbocycles. The van der Waals surface area contributed by atoms with Crippen molar-refractivity contribution in [3.05, 3.63) is 49.1 Å². The number of pyridine rings is 2. The fourth-order valence-electron chi connectivity index (χ4n) is 1.40. The van der Waals surface area contributed by atoms with Gasteiger partial charge in [0.2, 0.25) is 0 Å². The maximum absolute atomic E-state index is 13.7. The van der Waals surface area contributed by atoms with Gasteiger partial charge in [0, 0.05) is 12.4 Å². The number of rotatable bonds is 4. The maximum Gasteiger partial charge on any atom is 0.401 e. The van der Waals surface area contributed by atoms with Crippen molar-refractivity contribution in [2.24, 2.45) is 0 Å². The predicted molar refractivity (Wildman–Crippen MR) is 70.7 cm³/mol. The summed E-state index contributed by atoms with van der Waals surface area (Å²) in [5.41, 5.74) is 0.132. The summed E-state index contributed by atoms with van der Waals surface area (Å²) in [7, 11) is 0. The third kappa shape index (κ3) is 3.56. The van der Waals surface area contributed by atoms with Crippen LogP contribution in [0, 0.1) is 0 Å². The lowest BCUT2D eigenvalue weighted by Gasteiger charge is -2.15. The minimum absolute atomic E-state index is 0.0661. The number of aromatic nitrogens is 2. The van der Waals surface area contributed by atoms with Gasteiger partial charge in [0.15, 0.2) is 0 Å². The van der Waals surface area contributed by atoms with Gasteiger partial charge in [0.25, 0.3) is 0 Å². The van der Waals surface area contributed by atoms with Crippen LogP contribution in [0.1, 0.15) is 0 Å². The van der Waals surface area contributed by atoms with Crippen LogP contribution in [0.5, 0.6) is 0 Å². The molecule has 21 heavy (non-hydrogen) atoms. The number of hydrogen-bond acceptors (Lipinski definition) is 4. The van der Waals surface area contributed by atoms with E-state index in [1.54, 1.807) is 0 Å². The molecule has 0 bridgehead atoms. The Labute approximate surface area is 118 Å². The highest BCUT2D eigenvalue weighted by Gasteiger charge is 2.47. The molecule has 2 aromatic heterocycles. The van der Waals surface area contributed by atoms with Crippen molar-refractivity contribution in [1.29, 1.82) is 0 Å². The predicted octanol–water partition coefficient (Wildman–Crippen LogP) is 1.69. The van der Waals surface area contributed by atoms with Gasteiger partial charge < -0.3 is 10.6 Å². The molecule has 2 N–H and O–H groups in total. The number of nitrogens with zero attached hydrogens (tertiary/aromatic N) is 2. The highest BCUT2D eigenvalue weighted by molar-refractivity contribution is 6.15. The van der Waals surface area contributed by atoms with Crippen LogP contribution in [-0.4, -0.2) is 27.7 Å². The summed E-state index contributed by atoms with van der Waals surface area (Å²) >= 11 is 0. The van der Waals surface area contributed by atoms with E-state index < -0.39 is 17.7 Å². The lowest BCUT2D eigenvalue weighted by molar-refractivity contribution is -0.152. The molecule has 108 valence electrons. The van der Waals surface area contributed by atoms with Crippen molar-refractivity contribution in [2.45, 2.75) is 5.92 Å². The molecule has 6 nitrogen and oxygen atoms in total. The van der Waals surface area contributed by atoms with Crippen molar-refractivity contribution in [3.63, 3.8) is 0 Å². The molecule has 2 heterocycles. The van der Waals surface area contributed by atoms with Crippen molar-refractivity contribution in [2.75, 3.05) is 10.6 Å². The van der Waals surface area contributed by atoms with Gasteiger partial charge in [-0.2, -0.15) is 8.78 Å². The molecule has 0 aliphatic heterocycles. The smallest absolute Gasteiger partial charge is 0.319 e. The van der Waals surface area contributed by atoms with Gasteiger partial charge in [-0.1, -0.05) is 0 Å². The van der Waals surface area contributed by atoms with Crippen LogP contribution >= 0.6 is 0 Å². The van der Waals surface area contributed by atoms with E-state index in [-0.39, 0.29) is 11.4 Å². The molecule has 0 radical (unpaired) electrons. The zero-order chi connectivity index (χ0) is 15.3. The second kappa shape index (κ2) is 6.04. The van der Waals surface area contributed by atoms with E-state index >= 15 is 0 Å². The van der Waals surface area contributed by atoms with E-state index in [9.17, 15) is 18.4 Å². The SMILES string of the molecule is O=C(Nc1cccnc1)C(F)(F)C(=O)Nc1cccnc1. The largest absolute Gasteiger partial charge is 0.401 e. The monoisotopic (exact) mass is 292 g/mol. The average Bonchev–Trinajstić information content (AvgIpc) is 2.49. The first kappa shape index (κ1) is 14.5. The van der Waals surface area contributed by atoms with Crippen molar-refractivity contribution >= 4 is 23.2 Å². The van der Waals surface area contributed by atoms with Crippen LogP contribution in [0.3, 0.4) is 0 Å². The van der Waals surface area contributed by atoms with Gasteiger partial charge in [-0.05, 0) is 24.3 Å². The lowest BCUT2D eigenvalue weighted by atomic mass is 10.2. The maximum atomic E-state index is 13.7. The summed E-state index contributed by atoms with van der Waals surface area (Å²) in [4.78, 5) is 30.3. The van der Waals surface area contributed by atoms with E-state index in [1.807, 2.05) is 10.6 Å². The number of hydrogen-bond donors (Lipinski definition) is 2. The van der Waals surface area contributed by atoms with Crippen LogP contribution in [0.2, 0.25) is 0 Å². The first-order chi connectivity index (χ1) is 10.00.